The third kappa shape index (κ3) is 3.04. The minimum absolute atomic E-state index is 0.0458. The predicted octanol–water partition coefficient (Wildman–Crippen LogP) is 3.01. The van der Waals surface area contributed by atoms with Crippen LogP contribution in [0, 0.1) is 11.8 Å². The fourth-order valence-corrected chi connectivity index (χ4v) is 3.23. The monoisotopic (exact) mass is 288 g/mol. The highest BCUT2D eigenvalue weighted by atomic mass is 16.3. The second kappa shape index (κ2) is 6.20. The highest BCUT2D eigenvalue weighted by molar-refractivity contribution is 5.83. The number of nitrogens with zero attached hydrogens (tertiary/aromatic N) is 1. The molecule has 0 aromatic heterocycles. The minimum Gasteiger partial charge on any atom is -0.505 e. The van der Waals surface area contributed by atoms with E-state index < -0.39 is 0 Å². The van der Waals surface area contributed by atoms with E-state index in [-0.39, 0.29) is 5.76 Å². The Balaban J connectivity index is 2.29. The fourth-order valence-electron chi connectivity index (χ4n) is 3.23. The number of hydrogen-bond acceptors (Lipinski definition) is 4. The van der Waals surface area contributed by atoms with Crippen LogP contribution in [-0.4, -0.2) is 22.8 Å². The maximum Gasteiger partial charge on any atom is 0.152 e. The van der Waals surface area contributed by atoms with Gasteiger partial charge in [0.05, 0.1) is 5.70 Å². The Kier molecular flexibility index (Phi) is 4.56. The van der Waals surface area contributed by atoms with Crippen molar-refractivity contribution in [2.45, 2.75) is 32.6 Å². The lowest BCUT2D eigenvalue weighted by Crippen LogP contribution is -2.34. The summed E-state index contributed by atoms with van der Waals surface area (Å²) in [6.45, 7) is 10.5. The van der Waals surface area contributed by atoms with Crippen molar-refractivity contribution in [3.8, 4) is 0 Å². The molecule has 1 saturated carbocycles. The number of hydrogen-bond donors (Lipinski definition) is 2. The Morgan fingerprint density at radius 2 is 2.19 bits per heavy atom. The molecule has 21 heavy (non-hydrogen) atoms. The van der Waals surface area contributed by atoms with E-state index in [0.717, 1.165) is 13.0 Å². The van der Waals surface area contributed by atoms with Gasteiger partial charge in [-0.2, -0.15) is 0 Å². The number of nitrogens with two attached hydrogens (primary N) is 1. The zero-order chi connectivity index (χ0) is 15.6. The third-order valence-electron chi connectivity index (χ3n) is 4.59. The van der Waals surface area contributed by atoms with Crippen LogP contribution in [0.5, 0.6) is 0 Å². The lowest BCUT2D eigenvalue weighted by molar-refractivity contribution is -0.104. The second-order valence-electron chi connectivity index (χ2n) is 6.08. The molecule has 4 nitrogen and oxygen atoms in total. The van der Waals surface area contributed by atoms with Crippen LogP contribution in [0.4, 0.5) is 0 Å². The van der Waals surface area contributed by atoms with Crippen LogP contribution < -0.4 is 5.73 Å². The number of carbonyl (C=O) groups is 1. The largest absolute Gasteiger partial charge is 0.505 e. The molecule has 0 spiro atoms. The number of aliphatic hydroxyl groups excluding tert-OH is 1. The predicted molar refractivity (Wildman–Crippen MR) is 84.1 cm³/mol. The molecule has 3 N–H and O–H groups in total. The molecule has 1 fully saturated rings. The zero-order valence-electron chi connectivity index (χ0n) is 12.6. The van der Waals surface area contributed by atoms with E-state index in [1.165, 1.54) is 19.3 Å². The molecule has 4 heteroatoms. The molecule has 1 aliphatic heterocycles. The van der Waals surface area contributed by atoms with Gasteiger partial charge in [0.1, 0.15) is 11.5 Å². The maximum atomic E-state index is 11.2. The summed E-state index contributed by atoms with van der Waals surface area (Å²) >= 11 is 0. The van der Waals surface area contributed by atoms with Gasteiger partial charge in [-0.3, -0.25) is 4.79 Å². The number of allylic oxidation sites excluding steroid dienone is 1. The van der Waals surface area contributed by atoms with E-state index in [4.69, 9.17) is 5.73 Å². The summed E-state index contributed by atoms with van der Waals surface area (Å²) in [6, 6.07) is 0. The van der Waals surface area contributed by atoms with E-state index >= 15 is 0 Å². The fraction of sp³-hybridized carbons (Fsp3) is 0.471. The van der Waals surface area contributed by atoms with Crippen LogP contribution in [0.15, 0.2) is 47.7 Å². The smallest absolute Gasteiger partial charge is 0.152 e. The number of rotatable bonds is 4. The molecule has 0 amide bonds. The Hall–Kier alpha value is -1.97. The Morgan fingerprint density at radius 3 is 2.76 bits per heavy atom. The zero-order valence-corrected chi connectivity index (χ0v) is 12.6. The summed E-state index contributed by atoms with van der Waals surface area (Å²) in [4.78, 5) is 13.0. The van der Waals surface area contributed by atoms with Crippen LogP contribution in [0.25, 0.3) is 0 Å². The van der Waals surface area contributed by atoms with Crippen molar-refractivity contribution < 1.29 is 9.90 Å². The summed E-state index contributed by atoms with van der Waals surface area (Å²) in [6.07, 6.45) is 7.34. The van der Waals surface area contributed by atoms with Crippen molar-refractivity contribution >= 4 is 6.29 Å². The number of aliphatic hydroxyl groups is 1. The lowest BCUT2D eigenvalue weighted by Gasteiger charge is -2.36. The van der Waals surface area contributed by atoms with Gasteiger partial charge in [0.2, 0.25) is 0 Å². The normalized spacial score (nSPS) is 26.6. The van der Waals surface area contributed by atoms with Gasteiger partial charge in [-0.05, 0) is 18.3 Å². The molecule has 1 aliphatic carbocycles. The van der Waals surface area contributed by atoms with E-state index in [0.29, 0.717) is 40.7 Å². The third-order valence-corrected chi connectivity index (χ3v) is 4.59. The first kappa shape index (κ1) is 15.4. The number of aldehydes is 1. The molecule has 1 heterocycles. The van der Waals surface area contributed by atoms with E-state index in [1.54, 1.807) is 6.20 Å². The lowest BCUT2D eigenvalue weighted by atomic mass is 9.80. The van der Waals surface area contributed by atoms with Crippen molar-refractivity contribution in [3.05, 3.63) is 47.7 Å². The highest BCUT2D eigenvalue weighted by Crippen LogP contribution is 2.34. The Morgan fingerprint density at radius 1 is 1.52 bits per heavy atom. The van der Waals surface area contributed by atoms with Crippen molar-refractivity contribution in [1.82, 2.24) is 4.90 Å². The molecule has 0 aromatic rings. The molecular formula is C17H24N2O2. The second-order valence-corrected chi connectivity index (χ2v) is 6.08. The molecule has 0 bridgehead atoms. The topological polar surface area (TPSA) is 66.6 Å². The molecule has 2 unspecified atom stereocenters. The summed E-state index contributed by atoms with van der Waals surface area (Å²) in [7, 11) is 0. The molecule has 0 aromatic carbocycles. The SMILES string of the molecule is C=C(N)C1=C(O)C(=C)C(C=O)=CN1CC1CCCCC1C. The maximum absolute atomic E-state index is 11.2. The quantitative estimate of drug-likeness (QED) is 0.780. The van der Waals surface area contributed by atoms with Crippen molar-refractivity contribution in [2.75, 3.05) is 6.54 Å². The van der Waals surface area contributed by atoms with E-state index in [9.17, 15) is 9.90 Å². The van der Waals surface area contributed by atoms with Crippen molar-refractivity contribution in [1.29, 1.82) is 0 Å². The molecule has 114 valence electrons. The van der Waals surface area contributed by atoms with Crippen LogP contribution in [0.2, 0.25) is 0 Å². The molecular weight excluding hydrogens is 264 g/mol. The van der Waals surface area contributed by atoms with Crippen LogP contribution >= 0.6 is 0 Å². The molecule has 0 saturated heterocycles. The molecule has 0 radical (unpaired) electrons. The highest BCUT2D eigenvalue weighted by Gasteiger charge is 2.29. The molecule has 2 aliphatic rings. The van der Waals surface area contributed by atoms with Crippen molar-refractivity contribution in [2.24, 2.45) is 17.6 Å². The molecule has 2 atom stereocenters. The van der Waals surface area contributed by atoms with Crippen LogP contribution in [0.1, 0.15) is 32.6 Å². The van der Waals surface area contributed by atoms with Gasteiger partial charge in [-0.25, -0.2) is 0 Å². The van der Waals surface area contributed by atoms with Gasteiger partial charge in [-0.1, -0.05) is 39.3 Å². The minimum atomic E-state index is -0.0458. The standard InChI is InChI=1S/C17H24N2O2/c1-11-6-4-5-7-14(11)8-19-9-15(10-20)12(2)17(21)16(19)13(3)18/h9-11,14,21H,2-8,18H2,1H3. The van der Waals surface area contributed by atoms with Gasteiger partial charge in [-0.15, -0.1) is 0 Å². The number of carbonyl (C=O) groups excluding carboxylic acids is 1. The van der Waals surface area contributed by atoms with Gasteiger partial charge >= 0.3 is 0 Å². The summed E-state index contributed by atoms with van der Waals surface area (Å²) in [5, 5.41) is 10.3. The molecule has 2 rings (SSSR count). The average molecular weight is 288 g/mol. The van der Waals surface area contributed by atoms with Gasteiger partial charge < -0.3 is 15.7 Å². The van der Waals surface area contributed by atoms with Crippen LogP contribution in [0.3, 0.4) is 0 Å². The Labute approximate surface area is 126 Å². The van der Waals surface area contributed by atoms with E-state index in [1.807, 2.05) is 4.90 Å². The van der Waals surface area contributed by atoms with E-state index in [2.05, 4.69) is 20.1 Å². The van der Waals surface area contributed by atoms with Gasteiger partial charge in [0, 0.05) is 23.9 Å². The first-order valence-corrected chi connectivity index (χ1v) is 7.47. The van der Waals surface area contributed by atoms with Crippen molar-refractivity contribution in [3.63, 3.8) is 0 Å². The van der Waals surface area contributed by atoms with Crippen LogP contribution in [-0.2, 0) is 4.79 Å². The summed E-state index contributed by atoms with van der Waals surface area (Å²) in [5.41, 5.74) is 7.28. The average Bonchev–Trinajstić information content (AvgIpc) is 2.44. The first-order valence-electron chi connectivity index (χ1n) is 7.47. The Bertz CT molecular complexity index is 531. The summed E-state index contributed by atoms with van der Waals surface area (Å²) in [5.74, 6) is 1.11. The summed E-state index contributed by atoms with van der Waals surface area (Å²) < 4.78 is 0. The first-order chi connectivity index (χ1) is 9.95. The van der Waals surface area contributed by atoms with Gasteiger partial charge in [0.25, 0.3) is 0 Å². The van der Waals surface area contributed by atoms with Gasteiger partial charge in [0.15, 0.2) is 6.29 Å².